The van der Waals surface area contributed by atoms with Gasteiger partial charge in [0.1, 0.15) is 0 Å². The molecule has 0 bridgehead atoms. The molecule has 1 N–H and O–H groups in total. The minimum Gasteiger partial charge on any atom is -0.396 e. The summed E-state index contributed by atoms with van der Waals surface area (Å²) in [5.74, 6) is 0. The lowest BCUT2D eigenvalue weighted by Crippen LogP contribution is -1.91. The Bertz CT molecular complexity index is 331. The molecule has 1 nitrogen and oxygen atoms in total. The Morgan fingerprint density at radius 1 is 1.43 bits per heavy atom. The average Bonchev–Trinajstić information content (AvgIpc) is 2.14. The lowest BCUT2D eigenvalue weighted by molar-refractivity contribution is 0.288. The van der Waals surface area contributed by atoms with Gasteiger partial charge in [-0.1, -0.05) is 29.8 Å². The minimum atomic E-state index is 0.217. The van der Waals surface area contributed by atoms with Gasteiger partial charge in [0.25, 0.3) is 0 Å². The van der Waals surface area contributed by atoms with E-state index < -0.39 is 0 Å². The number of aryl methyl sites for hydroxylation is 1. The van der Waals surface area contributed by atoms with Crippen molar-refractivity contribution in [2.45, 2.75) is 19.8 Å². The van der Waals surface area contributed by atoms with Crippen LogP contribution in [0.25, 0.3) is 5.57 Å². The van der Waals surface area contributed by atoms with Gasteiger partial charge in [-0.25, -0.2) is 0 Å². The molecule has 0 aromatic heterocycles. The smallest absolute Gasteiger partial charge is 0.0434 e. The van der Waals surface area contributed by atoms with E-state index in [2.05, 4.69) is 12.6 Å². The van der Waals surface area contributed by atoms with Gasteiger partial charge in [0.2, 0.25) is 0 Å². The number of allylic oxidation sites excluding steroid dienone is 1. The second-order valence-electron chi connectivity index (χ2n) is 3.46. The number of benzene rings is 1. The van der Waals surface area contributed by atoms with E-state index >= 15 is 0 Å². The quantitative estimate of drug-likeness (QED) is 0.809. The maximum absolute atomic E-state index is 8.72. The molecule has 0 aliphatic rings. The van der Waals surface area contributed by atoms with Gasteiger partial charge in [-0.15, -0.1) is 0 Å². The molecule has 14 heavy (non-hydrogen) atoms. The Hall–Kier alpha value is -0.790. The molecule has 0 saturated carbocycles. The zero-order chi connectivity index (χ0) is 10.6. The van der Waals surface area contributed by atoms with Crippen LogP contribution in [0, 0.1) is 0 Å². The minimum absolute atomic E-state index is 0.217. The molecule has 76 valence electrons. The van der Waals surface area contributed by atoms with E-state index in [4.69, 9.17) is 16.7 Å². The summed E-state index contributed by atoms with van der Waals surface area (Å²) in [7, 11) is 0. The number of hydrogen-bond acceptors (Lipinski definition) is 1. The first kappa shape index (κ1) is 11.3. The van der Waals surface area contributed by atoms with Crippen molar-refractivity contribution < 1.29 is 5.11 Å². The number of aliphatic hydroxyl groups excluding tert-OH is 1. The van der Waals surface area contributed by atoms with Crippen molar-refractivity contribution in [2.24, 2.45) is 0 Å². The number of aliphatic hydroxyl groups is 1. The first-order chi connectivity index (χ1) is 6.63. The van der Waals surface area contributed by atoms with Crippen LogP contribution in [0.3, 0.4) is 0 Å². The Kier molecular flexibility index (Phi) is 4.18. The third kappa shape index (κ3) is 3.17. The molecule has 2 heteroatoms. The number of hydrogen-bond donors (Lipinski definition) is 1. The zero-order valence-electron chi connectivity index (χ0n) is 8.39. The van der Waals surface area contributed by atoms with Crippen LogP contribution in [0.2, 0.25) is 5.02 Å². The Morgan fingerprint density at radius 3 is 2.71 bits per heavy atom. The van der Waals surface area contributed by atoms with Gasteiger partial charge in [-0.3, -0.25) is 0 Å². The molecule has 0 fully saturated rings. The predicted octanol–water partition coefficient (Wildman–Crippen LogP) is 3.30. The Morgan fingerprint density at radius 2 is 2.14 bits per heavy atom. The van der Waals surface area contributed by atoms with Gasteiger partial charge in [-0.2, -0.15) is 0 Å². The van der Waals surface area contributed by atoms with Crippen molar-refractivity contribution in [1.29, 1.82) is 0 Å². The van der Waals surface area contributed by atoms with Crippen molar-refractivity contribution in [3.05, 3.63) is 40.9 Å². The summed E-state index contributed by atoms with van der Waals surface area (Å²) >= 11 is 5.97. The molecule has 0 amide bonds. The molecule has 0 spiro atoms. The standard InChI is InChI=1S/C12H15ClO/c1-9(2)11-6-10(4-3-5-14)7-12(13)8-11/h6-8,14H,1,3-5H2,2H3. The van der Waals surface area contributed by atoms with Crippen LogP contribution >= 0.6 is 11.6 Å². The highest BCUT2D eigenvalue weighted by Gasteiger charge is 2.00. The first-order valence-electron chi connectivity index (χ1n) is 4.69. The van der Waals surface area contributed by atoms with E-state index in [1.807, 2.05) is 19.1 Å². The fourth-order valence-electron chi connectivity index (χ4n) is 1.32. The fourth-order valence-corrected chi connectivity index (χ4v) is 1.58. The Labute approximate surface area is 90.0 Å². The molecule has 0 aliphatic carbocycles. The van der Waals surface area contributed by atoms with Gasteiger partial charge in [0.15, 0.2) is 0 Å². The van der Waals surface area contributed by atoms with Gasteiger partial charge in [0.05, 0.1) is 0 Å². The highest BCUT2D eigenvalue weighted by atomic mass is 35.5. The van der Waals surface area contributed by atoms with Crippen molar-refractivity contribution in [3.8, 4) is 0 Å². The topological polar surface area (TPSA) is 20.2 Å². The molecule has 0 radical (unpaired) electrons. The van der Waals surface area contributed by atoms with Gasteiger partial charge >= 0.3 is 0 Å². The van der Waals surface area contributed by atoms with E-state index in [9.17, 15) is 0 Å². The van der Waals surface area contributed by atoms with E-state index in [-0.39, 0.29) is 6.61 Å². The third-order valence-corrected chi connectivity index (χ3v) is 2.29. The summed E-state index contributed by atoms with van der Waals surface area (Å²) in [5, 5.41) is 9.46. The summed E-state index contributed by atoms with van der Waals surface area (Å²) in [6.07, 6.45) is 1.63. The zero-order valence-corrected chi connectivity index (χ0v) is 9.14. The van der Waals surface area contributed by atoms with Crippen molar-refractivity contribution in [3.63, 3.8) is 0 Å². The number of rotatable bonds is 4. The van der Waals surface area contributed by atoms with E-state index in [1.54, 1.807) is 0 Å². The third-order valence-electron chi connectivity index (χ3n) is 2.07. The predicted molar refractivity (Wildman–Crippen MR) is 61.6 cm³/mol. The molecule has 1 aromatic rings. The summed E-state index contributed by atoms with van der Waals surface area (Å²) in [6, 6.07) is 5.92. The van der Waals surface area contributed by atoms with Gasteiger partial charge in [0, 0.05) is 11.6 Å². The van der Waals surface area contributed by atoms with Crippen LogP contribution in [0.1, 0.15) is 24.5 Å². The summed E-state index contributed by atoms with van der Waals surface area (Å²) in [4.78, 5) is 0. The molecule has 1 rings (SSSR count). The monoisotopic (exact) mass is 210 g/mol. The van der Waals surface area contributed by atoms with Crippen molar-refractivity contribution in [2.75, 3.05) is 6.61 Å². The summed E-state index contributed by atoms with van der Waals surface area (Å²) in [6.45, 7) is 6.06. The van der Waals surface area contributed by atoms with Crippen LogP contribution in [0.4, 0.5) is 0 Å². The van der Waals surface area contributed by atoms with Crippen LogP contribution in [-0.4, -0.2) is 11.7 Å². The molecule has 0 saturated heterocycles. The highest BCUT2D eigenvalue weighted by molar-refractivity contribution is 6.30. The normalized spacial score (nSPS) is 10.2. The summed E-state index contributed by atoms with van der Waals surface area (Å²) in [5.41, 5.74) is 3.24. The SMILES string of the molecule is C=C(C)c1cc(Cl)cc(CCCO)c1. The molecule has 1 aromatic carbocycles. The van der Waals surface area contributed by atoms with Crippen molar-refractivity contribution >= 4 is 17.2 Å². The van der Waals surface area contributed by atoms with E-state index in [0.717, 1.165) is 34.6 Å². The molecule has 0 unspecified atom stereocenters. The first-order valence-corrected chi connectivity index (χ1v) is 5.07. The number of halogens is 1. The second kappa shape index (κ2) is 5.18. The second-order valence-corrected chi connectivity index (χ2v) is 3.89. The van der Waals surface area contributed by atoms with Crippen LogP contribution < -0.4 is 0 Å². The van der Waals surface area contributed by atoms with E-state index in [1.165, 1.54) is 0 Å². The average molecular weight is 211 g/mol. The van der Waals surface area contributed by atoms with Crippen LogP contribution in [0.5, 0.6) is 0 Å². The molecular formula is C12H15ClO. The largest absolute Gasteiger partial charge is 0.396 e. The lowest BCUT2D eigenvalue weighted by atomic mass is 10.0. The fraction of sp³-hybridized carbons (Fsp3) is 0.333. The Balaban J connectivity index is 2.89. The van der Waals surface area contributed by atoms with Crippen LogP contribution in [0.15, 0.2) is 24.8 Å². The molecular weight excluding hydrogens is 196 g/mol. The molecule has 0 heterocycles. The van der Waals surface area contributed by atoms with Crippen LogP contribution in [-0.2, 0) is 6.42 Å². The van der Waals surface area contributed by atoms with Gasteiger partial charge in [-0.05, 0) is 43.0 Å². The maximum Gasteiger partial charge on any atom is 0.0434 e. The molecule has 0 aliphatic heterocycles. The molecule has 0 atom stereocenters. The maximum atomic E-state index is 8.72. The lowest BCUT2D eigenvalue weighted by Gasteiger charge is -2.05. The van der Waals surface area contributed by atoms with E-state index in [0.29, 0.717) is 0 Å². The highest BCUT2D eigenvalue weighted by Crippen LogP contribution is 2.20. The van der Waals surface area contributed by atoms with Gasteiger partial charge < -0.3 is 5.11 Å². The van der Waals surface area contributed by atoms with Crippen molar-refractivity contribution in [1.82, 2.24) is 0 Å². The summed E-state index contributed by atoms with van der Waals surface area (Å²) < 4.78 is 0.